The fourth-order valence-corrected chi connectivity index (χ4v) is 4.44. The first kappa shape index (κ1) is 22.4. The third kappa shape index (κ3) is 5.34. The summed E-state index contributed by atoms with van der Waals surface area (Å²) in [5, 5.41) is 19.1. The number of aliphatic hydroxyl groups is 1. The third-order valence-electron chi connectivity index (χ3n) is 5.68. The molecule has 0 radical (unpaired) electrons. The van der Waals surface area contributed by atoms with Gasteiger partial charge >= 0.3 is 0 Å². The summed E-state index contributed by atoms with van der Waals surface area (Å²) in [6.45, 7) is 2.48. The van der Waals surface area contributed by atoms with Gasteiger partial charge in [0.25, 0.3) is 5.91 Å². The Hall–Kier alpha value is -2.78. The summed E-state index contributed by atoms with van der Waals surface area (Å²) in [6, 6.07) is 8.00. The first-order chi connectivity index (χ1) is 15.3. The molecule has 0 saturated heterocycles. The number of nitrogens with zero attached hydrogens (tertiary/aromatic N) is 2. The van der Waals surface area contributed by atoms with E-state index in [1.54, 1.807) is 11.3 Å². The number of fused-ring (bicyclic) bond motifs is 1. The molecule has 2 aromatic heterocycles. The van der Waals surface area contributed by atoms with Gasteiger partial charge in [-0.1, -0.05) is 12.8 Å². The highest BCUT2D eigenvalue weighted by Crippen LogP contribution is 2.28. The molecule has 1 amide bonds. The molecule has 1 atom stereocenters. The molecule has 1 aliphatic carbocycles. The minimum atomic E-state index is -1.58. The van der Waals surface area contributed by atoms with E-state index < -0.39 is 17.7 Å². The standard InChI is InChI=1S/C23H28FN5O2S/c1-23(2,31)20(24)12-26-22(30)16-11-25-21(10-18(16)28-14-5-3-4-6-14)29-15-7-8-17-19(9-15)32-13-27-17/h7-11,13-14,20,31H,3-6,12H2,1-2H3,(H,26,30)(H2,25,28,29)/t20-/m1/s1. The van der Waals surface area contributed by atoms with Gasteiger partial charge in [-0.3, -0.25) is 4.79 Å². The van der Waals surface area contributed by atoms with Crippen LogP contribution in [0.4, 0.5) is 21.6 Å². The summed E-state index contributed by atoms with van der Waals surface area (Å²) in [6.07, 6.45) is 4.31. The molecule has 32 heavy (non-hydrogen) atoms. The molecular formula is C23H28FN5O2S. The van der Waals surface area contributed by atoms with Crippen molar-refractivity contribution in [3.05, 3.63) is 41.5 Å². The van der Waals surface area contributed by atoms with Crippen LogP contribution in [0.1, 0.15) is 49.9 Å². The van der Waals surface area contributed by atoms with Crippen molar-refractivity contribution in [3.63, 3.8) is 0 Å². The highest BCUT2D eigenvalue weighted by atomic mass is 32.1. The molecule has 1 aromatic carbocycles. The summed E-state index contributed by atoms with van der Waals surface area (Å²) >= 11 is 1.57. The summed E-state index contributed by atoms with van der Waals surface area (Å²) in [5.41, 5.74) is 3.12. The number of pyridine rings is 1. The molecule has 0 bridgehead atoms. The molecule has 170 valence electrons. The van der Waals surface area contributed by atoms with E-state index in [2.05, 4.69) is 25.9 Å². The lowest BCUT2D eigenvalue weighted by Crippen LogP contribution is -2.42. The van der Waals surface area contributed by atoms with Gasteiger partial charge in [0.05, 0.1) is 39.1 Å². The number of rotatable bonds is 8. The lowest BCUT2D eigenvalue weighted by molar-refractivity contribution is -0.00177. The highest BCUT2D eigenvalue weighted by Gasteiger charge is 2.27. The molecular weight excluding hydrogens is 429 g/mol. The molecule has 1 aliphatic rings. The Morgan fingerprint density at radius 1 is 1.28 bits per heavy atom. The molecule has 1 fully saturated rings. The van der Waals surface area contributed by atoms with Crippen LogP contribution in [0.15, 0.2) is 36.0 Å². The fourth-order valence-electron chi connectivity index (χ4n) is 3.72. The lowest BCUT2D eigenvalue weighted by Gasteiger charge is -2.23. The Kier molecular flexibility index (Phi) is 6.57. The highest BCUT2D eigenvalue weighted by molar-refractivity contribution is 7.16. The lowest BCUT2D eigenvalue weighted by atomic mass is 10.0. The maximum atomic E-state index is 14.1. The van der Waals surface area contributed by atoms with Gasteiger partial charge in [-0.2, -0.15) is 0 Å². The SMILES string of the molecule is CC(C)(O)[C@H](F)CNC(=O)c1cnc(Nc2ccc3ncsc3c2)cc1NC1CCCC1. The molecule has 7 nitrogen and oxygen atoms in total. The molecule has 4 N–H and O–H groups in total. The predicted molar refractivity (Wildman–Crippen MR) is 127 cm³/mol. The number of hydrogen-bond acceptors (Lipinski definition) is 7. The van der Waals surface area contributed by atoms with Crippen LogP contribution in [0.25, 0.3) is 10.2 Å². The van der Waals surface area contributed by atoms with E-state index in [0.717, 1.165) is 41.6 Å². The number of carbonyl (C=O) groups is 1. The summed E-state index contributed by atoms with van der Waals surface area (Å²) in [4.78, 5) is 21.5. The maximum absolute atomic E-state index is 14.1. The molecule has 0 unspecified atom stereocenters. The van der Waals surface area contributed by atoms with Crippen LogP contribution in [0.3, 0.4) is 0 Å². The zero-order chi connectivity index (χ0) is 22.7. The zero-order valence-corrected chi connectivity index (χ0v) is 19.0. The Morgan fingerprint density at radius 2 is 2.06 bits per heavy atom. The first-order valence-electron chi connectivity index (χ1n) is 10.8. The monoisotopic (exact) mass is 457 g/mol. The van der Waals surface area contributed by atoms with Gasteiger partial charge in [0.15, 0.2) is 0 Å². The van der Waals surface area contributed by atoms with Crippen LogP contribution in [0, 0.1) is 0 Å². The fraction of sp³-hybridized carbons (Fsp3) is 0.435. The molecule has 1 saturated carbocycles. The van der Waals surface area contributed by atoms with Crippen molar-refractivity contribution in [2.45, 2.75) is 57.3 Å². The van der Waals surface area contributed by atoms with E-state index in [-0.39, 0.29) is 12.6 Å². The predicted octanol–water partition coefficient (Wildman–Crippen LogP) is 4.63. The van der Waals surface area contributed by atoms with E-state index in [4.69, 9.17) is 0 Å². The number of alkyl halides is 1. The Labute approximate surface area is 190 Å². The molecule has 9 heteroatoms. The number of anilines is 3. The number of nitrogens with one attached hydrogen (secondary N) is 3. The van der Waals surface area contributed by atoms with Crippen LogP contribution in [-0.2, 0) is 0 Å². The van der Waals surface area contributed by atoms with Crippen molar-refractivity contribution in [3.8, 4) is 0 Å². The van der Waals surface area contributed by atoms with E-state index in [1.165, 1.54) is 20.0 Å². The average molecular weight is 458 g/mol. The van der Waals surface area contributed by atoms with Gasteiger partial charge < -0.3 is 21.1 Å². The molecule has 4 rings (SSSR count). The smallest absolute Gasteiger partial charge is 0.255 e. The number of thiazole rings is 1. The number of aromatic nitrogens is 2. The third-order valence-corrected chi connectivity index (χ3v) is 6.47. The van der Waals surface area contributed by atoms with Crippen molar-refractivity contribution in [2.75, 3.05) is 17.2 Å². The van der Waals surface area contributed by atoms with Crippen molar-refractivity contribution in [1.82, 2.24) is 15.3 Å². The van der Waals surface area contributed by atoms with Crippen LogP contribution < -0.4 is 16.0 Å². The van der Waals surface area contributed by atoms with Crippen molar-refractivity contribution < 1.29 is 14.3 Å². The van der Waals surface area contributed by atoms with E-state index in [9.17, 15) is 14.3 Å². The number of carbonyl (C=O) groups excluding carboxylic acids is 1. The first-order valence-corrected chi connectivity index (χ1v) is 11.7. The van der Waals surface area contributed by atoms with Gasteiger partial charge in [-0.15, -0.1) is 11.3 Å². The quantitative estimate of drug-likeness (QED) is 0.394. The Balaban J connectivity index is 1.54. The van der Waals surface area contributed by atoms with Gasteiger partial charge in [-0.05, 0) is 44.9 Å². The summed E-state index contributed by atoms with van der Waals surface area (Å²) in [5.74, 6) is 0.174. The van der Waals surface area contributed by atoms with Crippen molar-refractivity contribution in [1.29, 1.82) is 0 Å². The Bertz CT molecular complexity index is 1090. The molecule has 2 heterocycles. The zero-order valence-electron chi connectivity index (χ0n) is 18.2. The Morgan fingerprint density at radius 3 is 2.81 bits per heavy atom. The second-order valence-electron chi connectivity index (χ2n) is 8.73. The van der Waals surface area contributed by atoms with Crippen molar-refractivity contribution >= 4 is 44.7 Å². The molecule has 0 aliphatic heterocycles. The summed E-state index contributed by atoms with van der Waals surface area (Å²) in [7, 11) is 0. The van der Waals surface area contributed by atoms with Gasteiger partial charge in [0, 0.05) is 24.0 Å². The number of amides is 1. The van der Waals surface area contributed by atoms with Crippen LogP contribution in [0.2, 0.25) is 0 Å². The number of halogens is 1. The van der Waals surface area contributed by atoms with Gasteiger partial charge in [0.1, 0.15) is 12.0 Å². The van der Waals surface area contributed by atoms with Crippen LogP contribution >= 0.6 is 11.3 Å². The maximum Gasteiger partial charge on any atom is 0.255 e. The van der Waals surface area contributed by atoms with E-state index in [0.29, 0.717) is 17.1 Å². The second-order valence-corrected chi connectivity index (χ2v) is 9.62. The average Bonchev–Trinajstić information content (AvgIpc) is 3.42. The second kappa shape index (κ2) is 9.38. The minimum Gasteiger partial charge on any atom is -0.387 e. The van der Waals surface area contributed by atoms with E-state index in [1.807, 2.05) is 29.8 Å². The molecule has 3 aromatic rings. The largest absolute Gasteiger partial charge is 0.387 e. The van der Waals surface area contributed by atoms with Crippen LogP contribution in [0.5, 0.6) is 0 Å². The topological polar surface area (TPSA) is 99.2 Å². The summed E-state index contributed by atoms with van der Waals surface area (Å²) < 4.78 is 15.2. The van der Waals surface area contributed by atoms with Crippen LogP contribution in [-0.4, -0.2) is 45.3 Å². The van der Waals surface area contributed by atoms with Gasteiger partial charge in [-0.25, -0.2) is 14.4 Å². The minimum absolute atomic E-state index is 0.278. The number of hydrogen-bond donors (Lipinski definition) is 4. The van der Waals surface area contributed by atoms with Crippen molar-refractivity contribution in [2.24, 2.45) is 0 Å². The molecule has 0 spiro atoms. The number of benzene rings is 1. The normalized spacial score (nSPS) is 15.6. The van der Waals surface area contributed by atoms with E-state index >= 15 is 0 Å². The van der Waals surface area contributed by atoms with Gasteiger partial charge in [0.2, 0.25) is 0 Å².